The minimum Gasteiger partial charge on any atom is -0.444 e. The number of nitrogens with zero attached hydrogens (tertiary/aromatic N) is 2. The maximum atomic E-state index is 14.8. The number of pyridine rings is 1. The second-order valence-corrected chi connectivity index (χ2v) is 6.42. The normalized spacial score (nSPS) is 18.3. The summed E-state index contributed by atoms with van der Waals surface area (Å²) in [6.45, 7) is -1.62. The zero-order valence-electron chi connectivity index (χ0n) is 14.6. The lowest BCUT2D eigenvalue weighted by molar-refractivity contribution is -0.0270. The van der Waals surface area contributed by atoms with Gasteiger partial charge in [0.05, 0.1) is 13.1 Å². The van der Waals surface area contributed by atoms with Crippen LogP contribution in [-0.2, 0) is 4.74 Å². The number of hydrogen-bond acceptors (Lipinski definition) is 5. The van der Waals surface area contributed by atoms with Gasteiger partial charge in [0.2, 0.25) is 0 Å². The first-order valence-electron chi connectivity index (χ1n) is 8.31. The number of halogens is 4. The summed E-state index contributed by atoms with van der Waals surface area (Å²) in [5.74, 6) is -5.17. The molecular weight excluding hydrogens is 382 g/mol. The molecule has 0 bridgehead atoms. The summed E-state index contributed by atoms with van der Waals surface area (Å²) in [4.78, 5) is 16.3. The minimum absolute atomic E-state index is 0.0896. The summed E-state index contributed by atoms with van der Waals surface area (Å²) in [6.07, 6.45) is 2.47. The molecule has 11 heteroatoms. The minimum atomic E-state index is -2.86. The van der Waals surface area contributed by atoms with Crippen molar-refractivity contribution in [2.75, 3.05) is 24.6 Å². The third-order valence-electron chi connectivity index (χ3n) is 4.24. The molecule has 0 aromatic carbocycles. The van der Waals surface area contributed by atoms with Gasteiger partial charge >= 0.3 is 6.09 Å². The molecule has 1 aliphatic carbocycles. The number of amides is 1. The molecule has 1 amide bonds. The summed E-state index contributed by atoms with van der Waals surface area (Å²) in [7, 11) is 0. The van der Waals surface area contributed by atoms with Crippen LogP contribution in [0, 0.1) is 11.2 Å². The SMILES string of the molecule is N=C(N)NC(=O)OCC1=CCCC(c2cnc(N3CC(F)(F)C3)c(F)c2)=C1F. The molecule has 1 aromatic rings. The Balaban J connectivity index is 1.73. The fourth-order valence-electron chi connectivity index (χ4n) is 2.96. The van der Waals surface area contributed by atoms with Crippen molar-refractivity contribution in [2.45, 2.75) is 18.8 Å². The Morgan fingerprint density at radius 1 is 1.39 bits per heavy atom. The van der Waals surface area contributed by atoms with Crippen LogP contribution < -0.4 is 16.0 Å². The van der Waals surface area contributed by atoms with Gasteiger partial charge in [0, 0.05) is 17.3 Å². The number of carbonyl (C=O) groups is 1. The van der Waals surface area contributed by atoms with Crippen LogP contribution in [0.1, 0.15) is 18.4 Å². The van der Waals surface area contributed by atoms with E-state index >= 15 is 0 Å². The molecule has 0 unspecified atom stereocenters. The van der Waals surface area contributed by atoms with E-state index in [1.165, 1.54) is 6.20 Å². The van der Waals surface area contributed by atoms with Gasteiger partial charge in [-0.15, -0.1) is 0 Å². The Morgan fingerprint density at radius 3 is 2.71 bits per heavy atom. The number of guanidine groups is 1. The van der Waals surface area contributed by atoms with Crippen LogP contribution in [0.5, 0.6) is 0 Å². The summed E-state index contributed by atoms with van der Waals surface area (Å²) in [6, 6.07) is 1.06. The molecule has 150 valence electrons. The van der Waals surface area contributed by atoms with E-state index in [2.05, 4.69) is 4.98 Å². The number of alkyl carbamates (subject to hydrolysis) is 1. The molecule has 4 N–H and O–H groups in total. The molecule has 3 rings (SSSR count). The zero-order valence-corrected chi connectivity index (χ0v) is 14.6. The molecular formula is C17H17F4N5O2. The lowest BCUT2D eigenvalue weighted by Crippen LogP contribution is -2.57. The first kappa shape index (κ1) is 19.6. The maximum absolute atomic E-state index is 14.8. The fourth-order valence-corrected chi connectivity index (χ4v) is 2.96. The van der Waals surface area contributed by atoms with E-state index < -0.39 is 49.3 Å². The zero-order chi connectivity index (χ0) is 20.5. The molecule has 28 heavy (non-hydrogen) atoms. The second-order valence-electron chi connectivity index (χ2n) is 6.42. The number of nitrogens with two attached hydrogens (primary N) is 1. The highest BCUT2D eigenvalue weighted by Gasteiger charge is 2.45. The molecule has 0 saturated carbocycles. The van der Waals surface area contributed by atoms with E-state index in [1.807, 2.05) is 5.32 Å². The van der Waals surface area contributed by atoms with Crippen molar-refractivity contribution in [3.63, 3.8) is 0 Å². The van der Waals surface area contributed by atoms with Gasteiger partial charge in [0.1, 0.15) is 12.4 Å². The van der Waals surface area contributed by atoms with Crippen LogP contribution in [0.3, 0.4) is 0 Å². The highest BCUT2D eigenvalue weighted by Crippen LogP contribution is 2.36. The van der Waals surface area contributed by atoms with Crippen molar-refractivity contribution >= 4 is 23.4 Å². The Kier molecular flexibility index (Phi) is 5.25. The Hall–Kier alpha value is -3.11. The molecule has 2 aliphatic rings. The first-order valence-corrected chi connectivity index (χ1v) is 8.31. The number of nitrogens with one attached hydrogen (secondary N) is 2. The number of allylic oxidation sites excluding steroid dienone is 2. The van der Waals surface area contributed by atoms with Crippen molar-refractivity contribution in [1.82, 2.24) is 10.3 Å². The number of aromatic nitrogens is 1. The monoisotopic (exact) mass is 399 g/mol. The Morgan fingerprint density at radius 2 is 2.11 bits per heavy atom. The van der Waals surface area contributed by atoms with Crippen LogP contribution in [0.4, 0.5) is 28.2 Å². The number of ether oxygens (including phenoxy) is 1. The molecule has 0 spiro atoms. The molecule has 0 radical (unpaired) electrons. The number of rotatable bonds is 4. The van der Waals surface area contributed by atoms with Crippen molar-refractivity contribution in [1.29, 1.82) is 5.41 Å². The van der Waals surface area contributed by atoms with Gasteiger partial charge in [-0.25, -0.2) is 27.3 Å². The predicted molar refractivity (Wildman–Crippen MR) is 93.1 cm³/mol. The van der Waals surface area contributed by atoms with Crippen LogP contribution in [0.2, 0.25) is 0 Å². The third kappa shape index (κ3) is 4.24. The highest BCUT2D eigenvalue weighted by atomic mass is 19.3. The summed E-state index contributed by atoms with van der Waals surface area (Å²) >= 11 is 0. The van der Waals surface area contributed by atoms with Crippen LogP contribution in [-0.4, -0.2) is 42.7 Å². The lowest BCUT2D eigenvalue weighted by atomic mass is 9.93. The topological polar surface area (TPSA) is 104 Å². The largest absolute Gasteiger partial charge is 0.444 e. The van der Waals surface area contributed by atoms with Gasteiger partial charge in [-0.3, -0.25) is 10.7 Å². The van der Waals surface area contributed by atoms with Gasteiger partial charge in [0.25, 0.3) is 5.92 Å². The van der Waals surface area contributed by atoms with E-state index in [9.17, 15) is 22.4 Å². The van der Waals surface area contributed by atoms with Crippen LogP contribution in [0.15, 0.2) is 29.7 Å². The number of hydrogen-bond donors (Lipinski definition) is 3. The number of anilines is 1. The Labute approximate surface area is 157 Å². The average Bonchev–Trinajstić information content (AvgIpc) is 2.58. The molecule has 0 atom stereocenters. The second kappa shape index (κ2) is 7.49. The molecule has 1 aromatic heterocycles. The molecule has 7 nitrogen and oxygen atoms in total. The van der Waals surface area contributed by atoms with E-state index in [0.29, 0.717) is 6.42 Å². The Bertz CT molecular complexity index is 876. The van der Waals surface area contributed by atoms with Gasteiger partial charge in [-0.1, -0.05) is 6.08 Å². The van der Waals surface area contributed by atoms with Gasteiger partial charge < -0.3 is 15.4 Å². The van der Waals surface area contributed by atoms with Crippen molar-refractivity contribution in [3.8, 4) is 0 Å². The van der Waals surface area contributed by atoms with Crippen molar-refractivity contribution in [2.24, 2.45) is 5.73 Å². The highest BCUT2D eigenvalue weighted by molar-refractivity contribution is 5.91. The quantitative estimate of drug-likeness (QED) is 0.410. The standard InChI is InChI=1S/C17H17F4N5O2/c18-12-4-10(5-24-14(12)26-7-17(20,21)8-26)11-3-1-2-9(13(11)19)6-28-16(27)25-15(22)23/h2,4-5H,1,3,6-8H2,(H4,22,23,25,27). The third-order valence-corrected chi connectivity index (χ3v) is 4.24. The lowest BCUT2D eigenvalue weighted by Gasteiger charge is -2.39. The van der Waals surface area contributed by atoms with E-state index in [0.717, 1.165) is 11.0 Å². The predicted octanol–water partition coefficient (Wildman–Crippen LogP) is 2.70. The van der Waals surface area contributed by atoms with E-state index in [4.69, 9.17) is 15.9 Å². The van der Waals surface area contributed by atoms with E-state index in [-0.39, 0.29) is 28.9 Å². The smallest absolute Gasteiger partial charge is 0.414 e. The average molecular weight is 399 g/mol. The van der Waals surface area contributed by atoms with Gasteiger partial charge in [0.15, 0.2) is 17.6 Å². The van der Waals surface area contributed by atoms with Gasteiger partial charge in [-0.2, -0.15) is 0 Å². The molecule has 2 heterocycles. The van der Waals surface area contributed by atoms with Crippen molar-refractivity contribution in [3.05, 3.63) is 41.1 Å². The number of alkyl halides is 2. The van der Waals surface area contributed by atoms with Gasteiger partial charge in [-0.05, 0) is 24.5 Å². The van der Waals surface area contributed by atoms with Crippen LogP contribution in [0.25, 0.3) is 5.57 Å². The van der Waals surface area contributed by atoms with Crippen molar-refractivity contribution < 1.29 is 27.1 Å². The fraction of sp³-hybridized carbons (Fsp3) is 0.353. The molecule has 1 aliphatic heterocycles. The van der Waals surface area contributed by atoms with Crippen LogP contribution >= 0.6 is 0 Å². The maximum Gasteiger partial charge on any atom is 0.414 e. The summed E-state index contributed by atoms with van der Waals surface area (Å²) < 4.78 is 59.8. The number of carbonyl (C=O) groups excluding carboxylic acids is 1. The summed E-state index contributed by atoms with van der Waals surface area (Å²) in [5, 5.41) is 8.82. The van der Waals surface area contributed by atoms with E-state index in [1.54, 1.807) is 6.08 Å². The molecule has 1 fully saturated rings. The first-order chi connectivity index (χ1) is 13.2. The summed E-state index contributed by atoms with van der Waals surface area (Å²) in [5.41, 5.74) is 5.45. The molecule has 1 saturated heterocycles.